The fraction of sp³-hybridized carbons (Fsp3) is 0.304. The largest absolute Gasteiger partial charge is 0.497 e. The molecule has 32 heavy (non-hydrogen) atoms. The van der Waals surface area contributed by atoms with Gasteiger partial charge >= 0.3 is 0 Å². The van der Waals surface area contributed by atoms with Crippen LogP contribution >= 0.6 is 0 Å². The molecule has 170 valence electrons. The Labute approximate surface area is 188 Å². The third-order valence-corrected chi connectivity index (χ3v) is 7.44. The number of rotatable bonds is 7. The van der Waals surface area contributed by atoms with Crippen LogP contribution in [0.15, 0.2) is 45.8 Å². The fourth-order valence-corrected chi connectivity index (χ4v) is 5.48. The number of benzene rings is 2. The third kappa shape index (κ3) is 4.62. The number of hydrogen-bond donors (Lipinski definition) is 1. The van der Waals surface area contributed by atoms with Crippen molar-refractivity contribution in [2.45, 2.75) is 39.5 Å². The molecule has 0 aliphatic carbocycles. The molecule has 0 radical (unpaired) electrons. The molecule has 0 aliphatic rings. The number of ether oxygens (including phenoxy) is 1. The van der Waals surface area contributed by atoms with Gasteiger partial charge in [0.1, 0.15) is 18.1 Å². The van der Waals surface area contributed by atoms with Crippen molar-refractivity contribution in [2.75, 3.05) is 23.3 Å². The normalized spacial score (nSPS) is 11.3. The van der Waals surface area contributed by atoms with E-state index in [4.69, 9.17) is 9.26 Å². The van der Waals surface area contributed by atoms with E-state index < -0.39 is 22.5 Å². The van der Waals surface area contributed by atoms with Crippen molar-refractivity contribution >= 4 is 27.4 Å². The van der Waals surface area contributed by atoms with Crippen molar-refractivity contribution in [3.63, 3.8) is 0 Å². The minimum absolute atomic E-state index is 0.205. The summed E-state index contributed by atoms with van der Waals surface area (Å²) in [6, 6.07) is 10.0. The number of methoxy groups -OCH3 is 1. The number of aromatic nitrogens is 1. The number of aryl methyl sites for hydroxylation is 3. The molecule has 9 heteroatoms. The van der Waals surface area contributed by atoms with Crippen LogP contribution in [0.1, 0.15) is 28.0 Å². The summed E-state index contributed by atoms with van der Waals surface area (Å²) in [5, 5.41) is 6.33. The summed E-state index contributed by atoms with van der Waals surface area (Å²) in [5.74, 6) is 0.782. The molecule has 0 fully saturated rings. The van der Waals surface area contributed by atoms with Gasteiger partial charge in [0.15, 0.2) is 5.82 Å². The Balaban J connectivity index is 2.08. The van der Waals surface area contributed by atoms with E-state index in [1.54, 1.807) is 51.1 Å². The lowest BCUT2D eigenvalue weighted by Crippen LogP contribution is -2.39. The van der Waals surface area contributed by atoms with Crippen molar-refractivity contribution in [1.29, 1.82) is 0 Å². The first-order valence-corrected chi connectivity index (χ1v) is 11.5. The van der Waals surface area contributed by atoms with E-state index in [2.05, 4.69) is 10.5 Å². The summed E-state index contributed by atoms with van der Waals surface area (Å²) in [4.78, 5) is 13.0. The van der Waals surface area contributed by atoms with Crippen molar-refractivity contribution in [2.24, 2.45) is 0 Å². The summed E-state index contributed by atoms with van der Waals surface area (Å²) in [5.41, 5.74) is 3.38. The first kappa shape index (κ1) is 23.3. The first-order valence-electron chi connectivity index (χ1n) is 10.0. The molecule has 0 aliphatic heterocycles. The Morgan fingerprint density at radius 3 is 2.12 bits per heavy atom. The molecule has 3 aromatic rings. The number of anilines is 2. The predicted molar refractivity (Wildman–Crippen MR) is 123 cm³/mol. The summed E-state index contributed by atoms with van der Waals surface area (Å²) in [7, 11) is -2.55. The van der Waals surface area contributed by atoms with Gasteiger partial charge in [0, 0.05) is 6.07 Å². The highest BCUT2D eigenvalue weighted by atomic mass is 32.2. The monoisotopic (exact) mass is 457 g/mol. The maximum atomic E-state index is 13.9. The lowest BCUT2D eigenvalue weighted by molar-refractivity contribution is -0.114. The number of amides is 1. The van der Waals surface area contributed by atoms with Crippen LogP contribution in [0.4, 0.5) is 11.5 Å². The zero-order valence-electron chi connectivity index (χ0n) is 19.0. The third-order valence-electron chi connectivity index (χ3n) is 5.39. The van der Waals surface area contributed by atoms with E-state index in [1.807, 2.05) is 19.9 Å². The van der Waals surface area contributed by atoms with E-state index in [0.717, 1.165) is 15.4 Å². The molecule has 8 nitrogen and oxygen atoms in total. The molecule has 1 N–H and O–H groups in total. The minimum Gasteiger partial charge on any atom is -0.497 e. The van der Waals surface area contributed by atoms with Gasteiger partial charge in [0.2, 0.25) is 5.91 Å². The summed E-state index contributed by atoms with van der Waals surface area (Å²) in [6.45, 7) is 8.56. The number of nitrogens with one attached hydrogen (secondary N) is 1. The second-order valence-electron chi connectivity index (χ2n) is 7.67. The Morgan fingerprint density at radius 2 is 1.62 bits per heavy atom. The van der Waals surface area contributed by atoms with Crippen molar-refractivity contribution < 1.29 is 22.5 Å². The van der Waals surface area contributed by atoms with E-state index in [-0.39, 0.29) is 10.7 Å². The highest BCUT2D eigenvalue weighted by molar-refractivity contribution is 7.93. The molecule has 0 saturated carbocycles. The average molecular weight is 458 g/mol. The number of nitrogens with zero attached hydrogens (tertiary/aromatic N) is 2. The first-order chi connectivity index (χ1) is 15.0. The Hall–Kier alpha value is -3.33. The quantitative estimate of drug-likeness (QED) is 0.574. The zero-order valence-corrected chi connectivity index (χ0v) is 19.8. The second kappa shape index (κ2) is 9.04. The molecule has 0 spiro atoms. The van der Waals surface area contributed by atoms with Crippen LogP contribution in [-0.2, 0) is 14.8 Å². The van der Waals surface area contributed by atoms with Gasteiger partial charge in [0.25, 0.3) is 10.0 Å². The molecule has 1 heterocycles. The molecule has 0 bridgehead atoms. The molecule has 0 atom stereocenters. The number of sulfonamides is 1. The van der Waals surface area contributed by atoms with Crippen molar-refractivity contribution in [3.8, 4) is 5.75 Å². The topological polar surface area (TPSA) is 102 Å². The number of carbonyl (C=O) groups is 1. The number of hydrogen-bond acceptors (Lipinski definition) is 6. The predicted octanol–water partition coefficient (Wildman–Crippen LogP) is 4.06. The molecule has 0 unspecified atom stereocenters. The molecule has 3 rings (SSSR count). The van der Waals surface area contributed by atoms with E-state index in [1.165, 1.54) is 7.11 Å². The van der Waals surface area contributed by atoms with Gasteiger partial charge < -0.3 is 14.6 Å². The molecule has 1 aromatic heterocycles. The minimum atomic E-state index is -4.07. The summed E-state index contributed by atoms with van der Waals surface area (Å²) < 4.78 is 39.1. The maximum Gasteiger partial charge on any atom is 0.265 e. The van der Waals surface area contributed by atoms with Crippen molar-refractivity contribution in [3.05, 3.63) is 64.4 Å². The summed E-state index contributed by atoms with van der Waals surface area (Å²) >= 11 is 0. The van der Waals surface area contributed by atoms with Crippen LogP contribution in [-0.4, -0.2) is 33.1 Å². The lowest BCUT2D eigenvalue weighted by Gasteiger charge is -2.27. The van der Waals surface area contributed by atoms with Crippen LogP contribution in [0, 0.1) is 34.6 Å². The average Bonchev–Trinajstić information content (AvgIpc) is 3.15. The summed E-state index contributed by atoms with van der Waals surface area (Å²) in [6.07, 6.45) is 0. The maximum absolute atomic E-state index is 13.9. The van der Waals surface area contributed by atoms with Gasteiger partial charge in [-0.3, -0.25) is 9.10 Å². The van der Waals surface area contributed by atoms with Crippen LogP contribution in [0.5, 0.6) is 5.75 Å². The van der Waals surface area contributed by atoms with E-state index in [0.29, 0.717) is 28.3 Å². The van der Waals surface area contributed by atoms with Crippen LogP contribution in [0.3, 0.4) is 0 Å². The van der Waals surface area contributed by atoms with Crippen LogP contribution in [0.2, 0.25) is 0 Å². The van der Waals surface area contributed by atoms with Gasteiger partial charge in [-0.05, 0) is 81.1 Å². The molecule has 0 saturated heterocycles. The van der Waals surface area contributed by atoms with Gasteiger partial charge in [-0.25, -0.2) is 8.42 Å². The highest BCUT2D eigenvalue weighted by Gasteiger charge is 2.31. The molecule has 2 aromatic carbocycles. The zero-order chi connectivity index (χ0) is 23.6. The smallest absolute Gasteiger partial charge is 0.265 e. The van der Waals surface area contributed by atoms with Crippen LogP contribution < -0.4 is 14.4 Å². The Bertz CT molecular complexity index is 1220. The highest BCUT2D eigenvalue weighted by Crippen LogP contribution is 2.32. The van der Waals surface area contributed by atoms with Gasteiger partial charge in [-0.2, -0.15) is 0 Å². The molecule has 1 amide bonds. The van der Waals surface area contributed by atoms with Gasteiger partial charge in [0.05, 0.1) is 17.7 Å². The van der Waals surface area contributed by atoms with Gasteiger partial charge in [-0.1, -0.05) is 11.2 Å². The van der Waals surface area contributed by atoms with E-state index in [9.17, 15) is 13.2 Å². The second-order valence-corrected chi connectivity index (χ2v) is 9.47. The fourth-order valence-electron chi connectivity index (χ4n) is 3.48. The SMILES string of the molecule is COc1ccc(N(CC(=O)Nc2cc(C)on2)S(=O)(=O)c2c(C)c(C)cc(C)c2C)cc1. The number of carbonyl (C=O) groups excluding carboxylic acids is 1. The lowest BCUT2D eigenvalue weighted by atomic mass is 10.0. The Morgan fingerprint density at radius 1 is 1.03 bits per heavy atom. The molecular weight excluding hydrogens is 430 g/mol. The van der Waals surface area contributed by atoms with Crippen molar-refractivity contribution in [1.82, 2.24) is 5.16 Å². The van der Waals surface area contributed by atoms with Gasteiger partial charge in [-0.15, -0.1) is 0 Å². The Kier molecular flexibility index (Phi) is 6.59. The van der Waals surface area contributed by atoms with E-state index >= 15 is 0 Å². The standard InChI is InChI=1S/C23H27N3O5S/c1-14-11-15(2)18(5)23(17(14)4)32(28,29)26(19-7-9-20(30-6)10-8-19)13-22(27)24-21-12-16(3)31-25-21/h7-12H,13H2,1-6H3,(H,24,25,27). The molecular formula is C23H27N3O5S. The van der Waals surface area contributed by atoms with Crippen LogP contribution in [0.25, 0.3) is 0 Å².